The van der Waals surface area contributed by atoms with Gasteiger partial charge in [0.2, 0.25) is 0 Å². The molecule has 0 amide bonds. The largest absolute Gasteiger partial charge is 0.417 e. The number of pyridine rings is 1. The van der Waals surface area contributed by atoms with Gasteiger partial charge < -0.3 is 4.79 Å². The van der Waals surface area contributed by atoms with E-state index in [0.717, 1.165) is 16.7 Å². The summed E-state index contributed by atoms with van der Waals surface area (Å²) >= 11 is 0. The van der Waals surface area contributed by atoms with Crippen molar-refractivity contribution in [2.45, 2.75) is 58.3 Å². The average Bonchev–Trinajstić information content (AvgIpc) is 2.58. The van der Waals surface area contributed by atoms with Crippen LogP contribution >= 0.6 is 0 Å². The molecule has 2 nitrogen and oxygen atoms in total. The van der Waals surface area contributed by atoms with Crippen molar-refractivity contribution in [2.24, 2.45) is 0 Å². The molecule has 1 heterocycles. The Morgan fingerprint density at radius 2 is 1.57 bits per heavy atom. The van der Waals surface area contributed by atoms with E-state index in [1.165, 1.54) is 29.5 Å². The van der Waals surface area contributed by atoms with Crippen LogP contribution in [0.2, 0.25) is 0 Å². The molecule has 146 valence electrons. The van der Waals surface area contributed by atoms with Gasteiger partial charge >= 0.3 is 0 Å². The van der Waals surface area contributed by atoms with Gasteiger partial charge in [-0.05, 0) is 64.0 Å². The molecule has 0 bridgehead atoms. The van der Waals surface area contributed by atoms with Crippen LogP contribution in [0.1, 0.15) is 74.0 Å². The first-order chi connectivity index (χ1) is 11.7. The Morgan fingerprint density at radius 1 is 1.04 bits per heavy atom. The second kappa shape index (κ2) is 11.0. The van der Waals surface area contributed by atoms with Crippen LogP contribution in [0.3, 0.4) is 0 Å². The van der Waals surface area contributed by atoms with Gasteiger partial charge in [-0.3, -0.25) is 4.98 Å². The van der Waals surface area contributed by atoms with Gasteiger partial charge in [0.1, 0.15) is 0 Å². The minimum absolute atomic E-state index is 0. The summed E-state index contributed by atoms with van der Waals surface area (Å²) in [5.74, 6) is 0. The molecule has 0 saturated carbocycles. The summed E-state index contributed by atoms with van der Waals surface area (Å²) < 4.78 is 0. The van der Waals surface area contributed by atoms with Crippen molar-refractivity contribution in [3.05, 3.63) is 70.6 Å². The van der Waals surface area contributed by atoms with Crippen molar-refractivity contribution in [3.8, 4) is 0 Å². The van der Waals surface area contributed by atoms with Crippen molar-refractivity contribution < 1.29 is 104 Å². The fourth-order valence-corrected chi connectivity index (χ4v) is 3.84. The van der Waals surface area contributed by atoms with Gasteiger partial charge in [-0.1, -0.05) is 52.1 Å². The Hall–Kier alpha value is 1.00. The average molecular weight is 673 g/mol. The first-order valence-electron chi connectivity index (χ1n) is 8.85. The zero-order valence-electron chi connectivity index (χ0n) is 17.3. The Labute approximate surface area is 246 Å². The second-order valence-corrected chi connectivity index (χ2v) is 8.49. The smallest absolute Gasteiger partial charge is 0.0302 e. The van der Waals surface area contributed by atoms with Gasteiger partial charge in [-0.25, -0.2) is 0 Å². The van der Waals surface area contributed by atoms with Crippen LogP contribution in [0.4, 0.5) is 0 Å². The second-order valence-electron chi connectivity index (χ2n) is 8.49. The normalized spacial score (nSPS) is 15.8. The fraction of sp³-hybridized carbons (Fsp3) is 0.391. The van der Waals surface area contributed by atoms with E-state index in [1.807, 2.05) is 12.4 Å². The molecule has 5 heteroatoms. The van der Waals surface area contributed by atoms with E-state index in [0.29, 0.717) is 5.69 Å². The van der Waals surface area contributed by atoms with E-state index < -0.39 is 0 Å². The maximum atomic E-state index is 10.7. The maximum absolute atomic E-state index is 10.7. The Bertz CT molecular complexity index is 858. The van der Waals surface area contributed by atoms with Crippen molar-refractivity contribution in [1.29, 1.82) is 0 Å². The number of hydrogen-bond acceptors (Lipinski definition) is 2. The third kappa shape index (κ3) is 5.82. The van der Waals surface area contributed by atoms with Crippen LogP contribution in [0.25, 0.3) is 5.57 Å². The maximum Gasteiger partial charge on any atom is 0.0302 e. The summed E-state index contributed by atoms with van der Waals surface area (Å²) in [5, 5.41) is 0. The van der Waals surface area contributed by atoms with Crippen molar-refractivity contribution >= 4 is 11.9 Å². The number of fused-ring (bicyclic) bond motifs is 1. The summed E-state index contributed by atoms with van der Waals surface area (Å²) in [5.41, 5.74) is 7.87. The molecule has 2 aromatic rings. The molecular formula is C23H26NNiOPr2-. The molecular weight excluding hydrogens is 647 g/mol. The third-order valence-corrected chi connectivity index (χ3v) is 5.74. The quantitative estimate of drug-likeness (QED) is 0.329. The van der Waals surface area contributed by atoms with E-state index in [9.17, 15) is 4.79 Å². The van der Waals surface area contributed by atoms with E-state index in [-0.39, 0.29) is 110 Å². The van der Waals surface area contributed by atoms with Crippen LogP contribution in [0.15, 0.2) is 37.0 Å². The number of nitrogens with zero attached hydrogens (tertiary/aromatic N) is 1. The summed E-state index contributed by atoms with van der Waals surface area (Å²) in [4.78, 5) is 14.8. The molecule has 0 unspecified atom stereocenters. The van der Waals surface area contributed by atoms with Crippen LogP contribution in [0, 0.1) is 89.5 Å². The van der Waals surface area contributed by atoms with Crippen LogP contribution < -0.4 is 0 Å². The number of hydrogen-bond donors (Lipinski definition) is 0. The van der Waals surface area contributed by atoms with Crippen molar-refractivity contribution in [1.82, 2.24) is 4.98 Å². The minimum atomic E-state index is 0. The molecule has 0 spiro atoms. The summed E-state index contributed by atoms with van der Waals surface area (Å²) in [6, 6.07) is 8.25. The monoisotopic (exact) mass is 672 g/mol. The number of aromatic nitrogens is 1. The Balaban J connectivity index is 0.00000243. The molecule has 0 atom stereocenters. The summed E-state index contributed by atoms with van der Waals surface area (Å²) in [7, 11) is 0. The van der Waals surface area contributed by atoms with Crippen molar-refractivity contribution in [3.63, 3.8) is 0 Å². The molecule has 2 radical (unpaired) electrons. The number of carbonyl (C=O) groups excluding carboxylic acids is 1. The van der Waals surface area contributed by atoms with E-state index in [1.54, 1.807) is 12.3 Å². The van der Waals surface area contributed by atoms with Gasteiger partial charge in [0.15, 0.2) is 0 Å². The molecule has 1 aliphatic rings. The first kappa shape index (κ1) is 29.0. The Morgan fingerprint density at radius 3 is 2.04 bits per heavy atom. The zero-order chi connectivity index (χ0) is 18.4. The van der Waals surface area contributed by atoms with E-state index in [2.05, 4.69) is 58.3 Å². The van der Waals surface area contributed by atoms with Crippen molar-refractivity contribution in [2.75, 3.05) is 0 Å². The van der Waals surface area contributed by atoms with Crippen LogP contribution in [-0.4, -0.2) is 11.3 Å². The molecule has 0 aliphatic heterocycles. The van der Waals surface area contributed by atoms with Gasteiger partial charge in [-0.2, -0.15) is 6.07 Å². The first-order valence-corrected chi connectivity index (χ1v) is 8.85. The van der Waals surface area contributed by atoms with E-state index in [4.69, 9.17) is 0 Å². The van der Waals surface area contributed by atoms with Crippen LogP contribution in [-0.2, 0) is 32.1 Å². The SMILES string of the molecule is C=C(c1ccc([C-]=O)nc1)c1cc2c(cc1C)C(C)(C)CCC2(C)C.[Ni].[Pr].[Pr]. The summed E-state index contributed by atoms with van der Waals surface area (Å²) in [6.07, 6.45) is 5.92. The minimum Gasteiger partial charge on any atom is -0.417 e. The number of aryl methyl sites for hydroxylation is 1. The summed E-state index contributed by atoms with van der Waals surface area (Å²) in [6.45, 7) is 15.8. The van der Waals surface area contributed by atoms with Gasteiger partial charge in [0.25, 0.3) is 0 Å². The predicted molar refractivity (Wildman–Crippen MR) is 104 cm³/mol. The fourth-order valence-electron chi connectivity index (χ4n) is 3.84. The Kier molecular flexibility index (Phi) is 11.4. The molecule has 1 aromatic carbocycles. The zero-order valence-corrected chi connectivity index (χ0v) is 25.7. The topological polar surface area (TPSA) is 30.0 Å². The molecule has 0 N–H and O–H groups in total. The molecule has 1 aliphatic carbocycles. The predicted octanol–water partition coefficient (Wildman–Crippen LogP) is 5.26. The van der Waals surface area contributed by atoms with Crippen LogP contribution in [0.5, 0.6) is 0 Å². The molecule has 0 saturated heterocycles. The number of benzene rings is 1. The molecule has 3 rings (SSSR count). The molecule has 0 fully saturated rings. The standard InChI is InChI=1S/C23H26NO.Ni.2Pr/c1-15-11-20-21(23(5,6)10-9-22(20,3)4)12-19(15)16(2)17-7-8-18(14-25)24-13-17;;;/h7-8,11-13H,2,9-10H2,1,3-6H3;;;/q-1;;;. The number of rotatable bonds is 3. The molecule has 28 heavy (non-hydrogen) atoms. The van der Waals surface area contributed by atoms with E-state index >= 15 is 0 Å². The van der Waals surface area contributed by atoms with Gasteiger partial charge in [-0.15, -0.1) is 6.07 Å². The molecule has 1 aromatic heterocycles. The van der Waals surface area contributed by atoms with Gasteiger partial charge in [0, 0.05) is 112 Å². The van der Waals surface area contributed by atoms with Gasteiger partial charge in [0.05, 0.1) is 0 Å². The third-order valence-electron chi connectivity index (χ3n) is 5.74.